The Kier molecular flexibility index (Phi) is 14.8. The molecule has 1 fully saturated rings. The largest absolute Gasteiger partial charge is 0.478 e. The molecule has 0 saturated carbocycles. The summed E-state index contributed by atoms with van der Waals surface area (Å²) in [5, 5.41) is 8.02. The first-order valence-electron chi connectivity index (χ1n) is 11.5. The predicted molar refractivity (Wildman–Crippen MR) is 127 cm³/mol. The number of allylic oxidation sites excluding steroid dienone is 1. The second kappa shape index (κ2) is 16.0. The summed E-state index contributed by atoms with van der Waals surface area (Å²) in [6.07, 6.45) is 13.0. The minimum Gasteiger partial charge on any atom is -0.478 e. The molecule has 9 heteroatoms. The zero-order valence-electron chi connectivity index (χ0n) is 20.6. The highest BCUT2D eigenvalue weighted by Crippen LogP contribution is 2.31. The highest BCUT2D eigenvalue weighted by molar-refractivity contribution is 5.99. The molecule has 2 aliphatic rings. The standard InChI is InChI=1S/C13H21N3O2.C6H8O3.C5H10O/c1-3-4-5-10-6-7-12(18-10)16(2)9-8-11(14)15-13(16)17;1-2-5(7)3-4-6(8)9;1-3-4-5(2)6/h8-10,12H,3-7H2,1-2H3,(H-,14,15,17);3-4H,2H2,1H3,(H,8,9);3-4H2,1-2H3/p+1/b;4-3-;. The quantitative estimate of drug-likeness (QED) is 0.385. The molecule has 33 heavy (non-hydrogen) atoms. The van der Waals surface area contributed by atoms with Gasteiger partial charge in [0.1, 0.15) is 17.8 Å². The van der Waals surface area contributed by atoms with E-state index in [1.807, 2.05) is 14.0 Å². The number of nitrogens with two attached hydrogens (primary N) is 1. The van der Waals surface area contributed by atoms with Crippen molar-refractivity contribution < 1.29 is 33.5 Å². The van der Waals surface area contributed by atoms with E-state index in [-0.39, 0.29) is 40.2 Å². The number of rotatable bonds is 9. The Labute approximate surface area is 197 Å². The van der Waals surface area contributed by atoms with Crippen molar-refractivity contribution in [3.8, 4) is 0 Å². The average Bonchev–Trinajstić information content (AvgIpc) is 3.24. The lowest BCUT2D eigenvalue weighted by Gasteiger charge is -2.32. The van der Waals surface area contributed by atoms with Crippen molar-refractivity contribution in [3.05, 3.63) is 24.4 Å². The minimum atomic E-state index is -1.09. The van der Waals surface area contributed by atoms with Gasteiger partial charge in [0.15, 0.2) is 5.78 Å². The van der Waals surface area contributed by atoms with Crippen LogP contribution in [0.1, 0.15) is 79.1 Å². The normalized spacial score (nSPS) is 23.8. The highest BCUT2D eigenvalue weighted by Gasteiger charge is 2.45. The summed E-state index contributed by atoms with van der Waals surface area (Å²) in [6, 6.07) is -0.240. The van der Waals surface area contributed by atoms with Gasteiger partial charge in [-0.3, -0.25) is 4.79 Å². The Hall–Kier alpha value is -2.65. The van der Waals surface area contributed by atoms with E-state index in [1.165, 1.54) is 12.8 Å². The first-order chi connectivity index (χ1) is 15.5. The number of amidine groups is 1. The molecule has 9 nitrogen and oxygen atoms in total. The summed E-state index contributed by atoms with van der Waals surface area (Å²) < 4.78 is 6.09. The zero-order valence-corrected chi connectivity index (χ0v) is 20.6. The number of carbonyl (C=O) groups is 4. The van der Waals surface area contributed by atoms with Crippen LogP contribution < -0.4 is 5.73 Å². The summed E-state index contributed by atoms with van der Waals surface area (Å²) in [4.78, 5) is 46.0. The molecule has 0 radical (unpaired) electrons. The number of nitrogens with zero attached hydrogens (tertiary/aromatic N) is 2. The number of carboxylic acid groups (broad SMARTS) is 1. The molecule has 3 unspecified atom stereocenters. The Balaban J connectivity index is 0.000000571. The van der Waals surface area contributed by atoms with Crippen LogP contribution in [0.25, 0.3) is 0 Å². The van der Waals surface area contributed by atoms with Gasteiger partial charge in [-0.15, -0.1) is 4.99 Å². The lowest BCUT2D eigenvalue weighted by Crippen LogP contribution is -2.53. The number of aliphatic carboxylic acids is 1. The van der Waals surface area contributed by atoms with Crippen molar-refractivity contribution in [3.63, 3.8) is 0 Å². The summed E-state index contributed by atoms with van der Waals surface area (Å²) in [6.45, 7) is 7.47. The fourth-order valence-corrected chi connectivity index (χ4v) is 3.13. The van der Waals surface area contributed by atoms with Gasteiger partial charge in [0, 0.05) is 31.4 Å². The number of carbonyl (C=O) groups excluding carboxylic acids is 3. The summed E-state index contributed by atoms with van der Waals surface area (Å²) in [7, 11) is 1.83. The van der Waals surface area contributed by atoms with E-state index in [4.69, 9.17) is 15.6 Å². The molecule has 2 aliphatic heterocycles. The molecule has 186 valence electrons. The van der Waals surface area contributed by atoms with Crippen LogP contribution in [0.5, 0.6) is 0 Å². The number of unbranched alkanes of at least 4 members (excludes halogenated alkanes) is 1. The smallest absolute Gasteiger partial charge is 0.451 e. The van der Waals surface area contributed by atoms with E-state index < -0.39 is 5.97 Å². The van der Waals surface area contributed by atoms with Gasteiger partial charge in [-0.1, -0.05) is 33.6 Å². The summed E-state index contributed by atoms with van der Waals surface area (Å²) in [5.41, 5.74) is 5.53. The molecule has 0 bridgehead atoms. The Morgan fingerprint density at radius 1 is 1.21 bits per heavy atom. The number of aliphatic imine (C=N–C) groups is 1. The molecule has 0 aromatic heterocycles. The molecule has 2 rings (SSSR count). The van der Waals surface area contributed by atoms with Crippen molar-refractivity contribution in [2.24, 2.45) is 10.7 Å². The SMILES string of the molecule is CCC(=O)/C=C\C(=O)O.CCCC(C)=O.CCCCC1CCC([N+]2(C)C=CC(N)=NC2=O)O1. The van der Waals surface area contributed by atoms with Gasteiger partial charge in [0.2, 0.25) is 6.23 Å². The number of ketones is 2. The fraction of sp³-hybridized carbons (Fsp3) is 0.625. The molecule has 2 heterocycles. The van der Waals surface area contributed by atoms with Gasteiger partial charge >= 0.3 is 12.0 Å². The maximum atomic E-state index is 12.0. The molecular weight excluding hydrogens is 426 g/mol. The van der Waals surface area contributed by atoms with Crippen LogP contribution in [0.2, 0.25) is 0 Å². The van der Waals surface area contributed by atoms with Gasteiger partial charge < -0.3 is 20.4 Å². The number of carboxylic acids is 1. The van der Waals surface area contributed by atoms with Crippen LogP contribution in [0.4, 0.5) is 4.79 Å². The molecule has 0 aliphatic carbocycles. The summed E-state index contributed by atoms with van der Waals surface area (Å²) >= 11 is 0. The van der Waals surface area contributed by atoms with Crippen LogP contribution >= 0.6 is 0 Å². The van der Waals surface area contributed by atoms with Crippen molar-refractivity contribution in [2.75, 3.05) is 7.05 Å². The Morgan fingerprint density at radius 2 is 1.88 bits per heavy atom. The number of hydrogen-bond acceptors (Lipinski definition) is 6. The van der Waals surface area contributed by atoms with Gasteiger partial charge in [-0.05, 0) is 32.3 Å². The van der Waals surface area contributed by atoms with Gasteiger partial charge in [-0.2, -0.15) is 4.48 Å². The van der Waals surface area contributed by atoms with E-state index in [1.54, 1.807) is 26.1 Å². The third-order valence-corrected chi connectivity index (χ3v) is 5.12. The van der Waals surface area contributed by atoms with E-state index in [2.05, 4.69) is 11.9 Å². The number of hydrogen-bond donors (Lipinski definition) is 2. The van der Waals surface area contributed by atoms with Crippen molar-refractivity contribution in [1.29, 1.82) is 0 Å². The fourth-order valence-electron chi connectivity index (χ4n) is 3.13. The van der Waals surface area contributed by atoms with E-state index in [0.717, 1.165) is 44.3 Å². The average molecular weight is 467 g/mol. The Morgan fingerprint density at radius 3 is 2.33 bits per heavy atom. The van der Waals surface area contributed by atoms with Crippen LogP contribution in [0.3, 0.4) is 0 Å². The molecule has 3 N–H and O–H groups in total. The number of urea groups is 1. The van der Waals surface area contributed by atoms with Crippen molar-refractivity contribution in [2.45, 2.75) is 91.4 Å². The first kappa shape index (κ1) is 30.4. The second-order valence-electron chi connectivity index (χ2n) is 8.16. The van der Waals surface area contributed by atoms with Crippen LogP contribution in [-0.2, 0) is 19.1 Å². The van der Waals surface area contributed by atoms with Gasteiger partial charge in [0.25, 0.3) is 0 Å². The Bertz CT molecular complexity index is 759. The summed E-state index contributed by atoms with van der Waals surface area (Å²) in [5.74, 6) is -0.692. The third-order valence-electron chi connectivity index (χ3n) is 5.12. The van der Waals surface area contributed by atoms with Crippen LogP contribution in [-0.4, -0.2) is 58.4 Å². The molecule has 2 amide bonds. The van der Waals surface area contributed by atoms with Gasteiger partial charge in [0.05, 0.1) is 13.2 Å². The lowest BCUT2D eigenvalue weighted by atomic mass is 10.1. The number of quaternary nitrogens is 1. The molecule has 0 aromatic carbocycles. The number of ether oxygens (including phenoxy) is 1. The molecule has 3 atom stereocenters. The molecular formula is C24H40N3O6+. The topological polar surface area (TPSA) is 136 Å². The van der Waals surface area contributed by atoms with E-state index >= 15 is 0 Å². The van der Waals surface area contributed by atoms with Crippen molar-refractivity contribution in [1.82, 2.24) is 0 Å². The van der Waals surface area contributed by atoms with Crippen LogP contribution in [0, 0.1) is 0 Å². The van der Waals surface area contributed by atoms with E-state index in [9.17, 15) is 19.2 Å². The van der Waals surface area contributed by atoms with Crippen LogP contribution in [0.15, 0.2) is 29.4 Å². The third kappa shape index (κ3) is 12.2. The molecule has 0 spiro atoms. The number of amides is 2. The number of Topliss-reactive ketones (excluding diaryl/α,β-unsaturated/α-hetero) is 1. The monoisotopic (exact) mass is 466 g/mol. The maximum Gasteiger partial charge on any atom is 0.451 e. The van der Waals surface area contributed by atoms with Gasteiger partial charge in [-0.25, -0.2) is 9.59 Å². The molecule has 0 aromatic rings. The lowest BCUT2D eigenvalue weighted by molar-refractivity contribution is -0.830. The zero-order chi connectivity index (χ0) is 25.4. The highest BCUT2D eigenvalue weighted by atomic mass is 16.5. The van der Waals surface area contributed by atoms with E-state index in [0.29, 0.717) is 6.42 Å². The first-order valence-corrected chi connectivity index (χ1v) is 11.5. The maximum absolute atomic E-state index is 12.0. The second-order valence-corrected chi connectivity index (χ2v) is 8.16. The van der Waals surface area contributed by atoms with Crippen molar-refractivity contribution >= 4 is 29.4 Å². The molecule has 1 saturated heterocycles. The minimum absolute atomic E-state index is 0.0866. The predicted octanol–water partition coefficient (Wildman–Crippen LogP) is 4.11.